The number of halogens is 1. The maximum absolute atomic E-state index is 12.6. The minimum atomic E-state index is -1.01. The first kappa shape index (κ1) is 17.1. The van der Waals surface area contributed by atoms with E-state index in [0.29, 0.717) is 27.1 Å². The van der Waals surface area contributed by atoms with Crippen molar-refractivity contribution >= 4 is 44.0 Å². The van der Waals surface area contributed by atoms with E-state index in [9.17, 15) is 9.59 Å². The lowest BCUT2D eigenvalue weighted by atomic mass is 10.2. The fourth-order valence-electron chi connectivity index (χ4n) is 2.09. The molecule has 0 aliphatic carbocycles. The predicted molar refractivity (Wildman–Crippen MR) is 99.5 cm³/mol. The van der Waals surface area contributed by atoms with E-state index in [1.165, 1.54) is 12.4 Å². The zero-order valence-corrected chi connectivity index (χ0v) is 14.8. The molecule has 126 valence electrons. The van der Waals surface area contributed by atoms with E-state index in [2.05, 4.69) is 20.6 Å². The number of hydrogen-bond acceptors (Lipinski definition) is 4. The molecular weight excluding hydrogens is 360 g/mol. The number of nitrogens with one attached hydrogen (secondary N) is 2. The van der Waals surface area contributed by atoms with Crippen LogP contribution in [0, 0.1) is 6.92 Å². The van der Waals surface area contributed by atoms with Crippen molar-refractivity contribution in [1.82, 2.24) is 9.97 Å². The Morgan fingerprint density at radius 3 is 2.52 bits per heavy atom. The molecule has 2 amide bonds. The molecule has 25 heavy (non-hydrogen) atoms. The largest absolute Gasteiger partial charge is 0.463 e. The lowest BCUT2D eigenvalue weighted by molar-refractivity contribution is 0.102. The standard InChI is InChI=1S/C17H13ClN4O2S/c1-11-10-25(17(24)21-14-5-3-2-4-13(14)18)16(20-11)22-15(23)12-6-8-19-9-7-12/h2-10H,1H3,(H-,20,21,22,23,24)/p+1. The number of nitrogens with zero attached hydrogens (tertiary/aromatic N) is 2. The van der Waals surface area contributed by atoms with E-state index in [4.69, 9.17) is 11.6 Å². The molecule has 0 saturated carbocycles. The number of benzene rings is 1. The van der Waals surface area contributed by atoms with Crippen molar-refractivity contribution < 1.29 is 9.59 Å². The molecule has 6 nitrogen and oxygen atoms in total. The molecule has 0 spiro atoms. The molecule has 0 saturated heterocycles. The minimum absolute atomic E-state index is 0.293. The summed E-state index contributed by atoms with van der Waals surface area (Å²) in [5.41, 5.74) is 1.62. The van der Waals surface area contributed by atoms with Gasteiger partial charge in [-0.25, -0.2) is 4.79 Å². The van der Waals surface area contributed by atoms with Gasteiger partial charge in [0.05, 0.1) is 16.4 Å². The van der Waals surface area contributed by atoms with Crippen LogP contribution in [0.4, 0.5) is 15.6 Å². The van der Waals surface area contributed by atoms with Gasteiger partial charge in [-0.1, -0.05) is 23.7 Å². The summed E-state index contributed by atoms with van der Waals surface area (Å²) in [4.78, 5) is 33.0. The van der Waals surface area contributed by atoms with Crippen LogP contribution in [-0.4, -0.2) is 21.1 Å². The number of aromatic nitrogens is 2. The van der Waals surface area contributed by atoms with Crippen LogP contribution in [0.5, 0.6) is 0 Å². The van der Waals surface area contributed by atoms with Gasteiger partial charge in [0.2, 0.25) is 0 Å². The van der Waals surface area contributed by atoms with Crippen molar-refractivity contribution in [2.45, 2.75) is 6.92 Å². The van der Waals surface area contributed by atoms with Gasteiger partial charge in [-0.2, -0.15) is 4.98 Å². The normalized spacial score (nSPS) is 11.0. The number of carbonyl (C=O) groups is 2. The third-order valence-corrected chi connectivity index (χ3v) is 5.27. The van der Waals surface area contributed by atoms with Crippen LogP contribution in [0.15, 0.2) is 54.2 Å². The zero-order valence-electron chi connectivity index (χ0n) is 13.2. The Kier molecular flexibility index (Phi) is 5.06. The van der Waals surface area contributed by atoms with Crippen LogP contribution in [0.1, 0.15) is 16.1 Å². The molecule has 8 heteroatoms. The minimum Gasteiger partial charge on any atom is -0.275 e. The summed E-state index contributed by atoms with van der Waals surface area (Å²) in [5, 5.41) is 7.65. The van der Waals surface area contributed by atoms with E-state index in [1.807, 2.05) is 0 Å². The van der Waals surface area contributed by atoms with Crippen molar-refractivity contribution in [3.05, 3.63) is 70.5 Å². The Morgan fingerprint density at radius 2 is 1.80 bits per heavy atom. The average molecular weight is 374 g/mol. The molecule has 0 aliphatic heterocycles. The quantitative estimate of drug-likeness (QED) is 0.658. The van der Waals surface area contributed by atoms with E-state index in [1.54, 1.807) is 48.7 Å². The summed E-state index contributed by atoms with van der Waals surface area (Å²) in [5.74, 6) is -0.340. The number of rotatable bonds is 4. The smallest absolute Gasteiger partial charge is 0.275 e. The second-order valence-corrected chi connectivity index (χ2v) is 7.17. The van der Waals surface area contributed by atoms with Gasteiger partial charge in [0.25, 0.3) is 5.91 Å². The zero-order chi connectivity index (χ0) is 17.8. The lowest BCUT2D eigenvalue weighted by Gasteiger charge is -2.02. The Labute approximate surface area is 151 Å². The highest BCUT2D eigenvalue weighted by molar-refractivity contribution is 7.53. The average Bonchev–Trinajstić information content (AvgIpc) is 2.98. The number of aryl methyl sites for hydroxylation is 1. The molecular formula is C17H14ClN4O2S+. The second-order valence-electron chi connectivity index (χ2n) is 5.10. The van der Waals surface area contributed by atoms with Crippen LogP contribution in [-0.2, 0) is 0 Å². The van der Waals surface area contributed by atoms with E-state index in [-0.39, 0.29) is 11.1 Å². The van der Waals surface area contributed by atoms with Crippen LogP contribution < -0.4 is 10.6 Å². The number of amides is 2. The van der Waals surface area contributed by atoms with Crippen molar-refractivity contribution in [3.63, 3.8) is 0 Å². The summed E-state index contributed by atoms with van der Waals surface area (Å²) in [6, 6.07) is 10.1. The van der Waals surface area contributed by atoms with Crippen molar-refractivity contribution in [3.8, 4) is 0 Å². The van der Waals surface area contributed by atoms with Gasteiger partial charge in [0.15, 0.2) is 5.38 Å². The molecule has 1 aromatic carbocycles. The number of carbonyl (C=O) groups excluding carboxylic acids is 2. The summed E-state index contributed by atoms with van der Waals surface area (Å²) in [6.07, 6.45) is 3.05. The van der Waals surface area contributed by atoms with Gasteiger partial charge >= 0.3 is 10.4 Å². The Hall–Kier alpha value is -2.77. The van der Waals surface area contributed by atoms with Gasteiger partial charge in [0, 0.05) is 18.0 Å². The second kappa shape index (κ2) is 7.42. The highest BCUT2D eigenvalue weighted by Gasteiger charge is 2.29. The van der Waals surface area contributed by atoms with Gasteiger partial charge in [-0.3, -0.25) is 20.4 Å². The third kappa shape index (κ3) is 4.01. The van der Waals surface area contributed by atoms with Gasteiger partial charge in [0.1, 0.15) is 10.5 Å². The topological polar surface area (TPSA) is 84.0 Å². The predicted octanol–water partition coefficient (Wildman–Crippen LogP) is 4.52. The molecule has 2 aromatic heterocycles. The first-order chi connectivity index (χ1) is 12.0. The maximum Gasteiger partial charge on any atom is 0.463 e. The SMILES string of the molecule is Cc1c[s+](C(=O)Nc2ccccc2Cl)c(NC(=O)c2ccncc2)n1. The maximum atomic E-state index is 12.6. The summed E-state index contributed by atoms with van der Waals surface area (Å²) in [7, 11) is -1.01. The fraction of sp³-hybridized carbons (Fsp3) is 0.0588. The number of para-hydroxylation sites is 1. The Morgan fingerprint density at radius 1 is 1.08 bits per heavy atom. The highest BCUT2D eigenvalue weighted by atomic mass is 35.5. The summed E-state index contributed by atoms with van der Waals surface area (Å²) < 4.78 is 0. The molecule has 0 bridgehead atoms. The van der Waals surface area contributed by atoms with E-state index < -0.39 is 10.5 Å². The Bertz CT molecular complexity index is 927. The van der Waals surface area contributed by atoms with Crippen LogP contribution in [0.25, 0.3) is 0 Å². The number of thiazole rings is 1. The molecule has 1 atom stereocenters. The van der Waals surface area contributed by atoms with Crippen molar-refractivity contribution in [2.75, 3.05) is 10.6 Å². The van der Waals surface area contributed by atoms with E-state index in [0.717, 1.165) is 0 Å². The molecule has 1 unspecified atom stereocenters. The molecule has 0 fully saturated rings. The Balaban J connectivity index is 1.82. The van der Waals surface area contributed by atoms with Crippen molar-refractivity contribution in [1.29, 1.82) is 0 Å². The molecule has 0 radical (unpaired) electrons. The highest BCUT2D eigenvalue weighted by Crippen LogP contribution is 2.33. The molecule has 2 N–H and O–H groups in total. The summed E-state index contributed by atoms with van der Waals surface area (Å²) in [6.45, 7) is 1.77. The fourth-order valence-corrected chi connectivity index (χ4v) is 3.72. The molecule has 3 aromatic rings. The number of hydrogen-bond donors (Lipinski definition) is 2. The van der Waals surface area contributed by atoms with Gasteiger partial charge < -0.3 is 0 Å². The first-order valence-electron chi connectivity index (χ1n) is 7.31. The molecule has 0 aliphatic rings. The molecule has 3 rings (SSSR count). The monoisotopic (exact) mass is 373 g/mol. The van der Waals surface area contributed by atoms with Crippen LogP contribution >= 0.6 is 22.1 Å². The number of anilines is 2. The lowest BCUT2D eigenvalue weighted by Crippen LogP contribution is -2.14. The van der Waals surface area contributed by atoms with Crippen LogP contribution in [0.2, 0.25) is 5.02 Å². The third-order valence-electron chi connectivity index (χ3n) is 3.25. The van der Waals surface area contributed by atoms with Crippen molar-refractivity contribution in [2.24, 2.45) is 0 Å². The van der Waals surface area contributed by atoms with Gasteiger partial charge in [-0.15, -0.1) is 0 Å². The number of pyridine rings is 1. The molecule has 2 heterocycles. The van der Waals surface area contributed by atoms with Gasteiger partial charge in [-0.05, 0) is 31.2 Å². The van der Waals surface area contributed by atoms with E-state index >= 15 is 0 Å². The summed E-state index contributed by atoms with van der Waals surface area (Å²) >= 11 is 6.07. The first-order valence-corrected chi connectivity index (χ1v) is 8.98. The van der Waals surface area contributed by atoms with Crippen LogP contribution in [0.3, 0.4) is 0 Å².